The van der Waals surface area contributed by atoms with Crippen molar-refractivity contribution in [1.82, 2.24) is 10.2 Å². The number of ether oxygens (including phenoxy) is 1. The third-order valence-electron chi connectivity index (χ3n) is 6.47. The van der Waals surface area contributed by atoms with Crippen LogP contribution in [0.5, 0.6) is 0 Å². The lowest BCUT2D eigenvalue weighted by molar-refractivity contribution is -0.141. The van der Waals surface area contributed by atoms with Crippen LogP contribution in [0.25, 0.3) is 0 Å². The molecular weight excluding hydrogens is 396 g/mol. The van der Waals surface area contributed by atoms with E-state index in [0.717, 1.165) is 0 Å². The second-order valence-electron chi connectivity index (χ2n) is 7.68. The average molecular weight is 427 g/mol. The smallest absolute Gasteiger partial charge is 0.383 e. The Morgan fingerprint density at radius 2 is 1.59 bits per heavy atom. The van der Waals surface area contributed by atoms with Crippen molar-refractivity contribution >= 4 is 26.5 Å². The van der Waals surface area contributed by atoms with E-state index in [1.807, 2.05) is 12.2 Å². The van der Waals surface area contributed by atoms with Gasteiger partial charge in [-0.05, 0) is 17.8 Å². The number of fused-ring (bicyclic) bond motifs is 5. The SMILES string of the molecule is COCCNC(=O)CCN1C(=O)C2C3C=CC(C3C[Si](OC)(OC)OC)C2C1=O. The molecule has 1 N–H and O–H groups in total. The molecule has 1 aliphatic heterocycles. The lowest BCUT2D eigenvalue weighted by Gasteiger charge is -2.30. The molecule has 2 fully saturated rings. The van der Waals surface area contributed by atoms with Gasteiger partial charge in [-0.1, -0.05) is 12.2 Å². The summed E-state index contributed by atoms with van der Waals surface area (Å²) in [6.45, 7) is 0.936. The molecular formula is C19H30N2O7Si. The van der Waals surface area contributed by atoms with Crippen molar-refractivity contribution in [1.29, 1.82) is 0 Å². The number of rotatable bonds is 11. The molecule has 1 heterocycles. The Morgan fingerprint density at radius 1 is 1.03 bits per heavy atom. The van der Waals surface area contributed by atoms with Crippen molar-refractivity contribution in [3.05, 3.63) is 12.2 Å². The zero-order valence-corrected chi connectivity index (χ0v) is 18.4. The molecule has 1 saturated heterocycles. The standard InChI is InChI=1S/C19H30N2O7Si/c1-25-10-8-20-15(22)7-9-21-18(23)16-12-5-6-13(17(16)19(21)24)14(12)11-29(26-2,27-3)28-4/h5-6,12-14,16-17H,7-11H2,1-4H3,(H,20,22). The third kappa shape index (κ3) is 3.91. The van der Waals surface area contributed by atoms with Crippen molar-refractivity contribution < 1.29 is 32.4 Å². The minimum atomic E-state index is -2.82. The minimum Gasteiger partial charge on any atom is -0.383 e. The summed E-state index contributed by atoms with van der Waals surface area (Å²) in [7, 11) is 3.44. The Bertz CT molecular complexity index is 641. The van der Waals surface area contributed by atoms with Gasteiger partial charge in [0.2, 0.25) is 17.7 Å². The number of carbonyl (C=O) groups is 3. The van der Waals surface area contributed by atoms with Crippen LogP contribution >= 0.6 is 0 Å². The first-order valence-corrected chi connectivity index (χ1v) is 11.8. The van der Waals surface area contributed by atoms with Crippen LogP contribution in [0.2, 0.25) is 6.04 Å². The van der Waals surface area contributed by atoms with Crippen LogP contribution < -0.4 is 5.32 Å². The molecule has 1 saturated carbocycles. The third-order valence-corrected chi connectivity index (χ3v) is 9.31. The number of allylic oxidation sites excluding steroid dienone is 2. The highest BCUT2D eigenvalue weighted by atomic mass is 28.4. The maximum absolute atomic E-state index is 13.0. The minimum absolute atomic E-state index is 0.0331. The monoisotopic (exact) mass is 426 g/mol. The molecule has 0 radical (unpaired) electrons. The van der Waals surface area contributed by atoms with Crippen LogP contribution in [0.4, 0.5) is 0 Å². The number of likely N-dealkylation sites (tertiary alicyclic amines) is 1. The number of hydrogen-bond acceptors (Lipinski definition) is 7. The normalized spacial score (nSPS) is 30.3. The van der Waals surface area contributed by atoms with Gasteiger partial charge in [-0.3, -0.25) is 19.3 Å². The van der Waals surface area contributed by atoms with E-state index in [1.165, 1.54) is 4.90 Å². The molecule has 162 valence electrons. The number of methoxy groups -OCH3 is 1. The summed E-state index contributed by atoms with van der Waals surface area (Å²) in [5, 5.41) is 2.71. The largest absolute Gasteiger partial charge is 0.500 e. The van der Waals surface area contributed by atoms with Crippen molar-refractivity contribution in [2.45, 2.75) is 12.5 Å². The quantitative estimate of drug-likeness (QED) is 0.215. The molecule has 3 aliphatic rings. The van der Waals surface area contributed by atoms with E-state index in [4.69, 9.17) is 18.0 Å². The van der Waals surface area contributed by atoms with Gasteiger partial charge in [0.25, 0.3) is 0 Å². The Morgan fingerprint density at radius 3 is 2.07 bits per heavy atom. The fraction of sp³-hybridized carbons (Fsp3) is 0.737. The van der Waals surface area contributed by atoms with Crippen molar-refractivity contribution in [2.24, 2.45) is 29.6 Å². The highest BCUT2D eigenvalue weighted by Gasteiger charge is 2.64. The summed E-state index contributed by atoms with van der Waals surface area (Å²) in [6, 6.07) is 0.564. The van der Waals surface area contributed by atoms with E-state index < -0.39 is 8.80 Å². The molecule has 29 heavy (non-hydrogen) atoms. The van der Waals surface area contributed by atoms with Gasteiger partial charge in [-0.2, -0.15) is 0 Å². The first kappa shape index (κ1) is 22.1. The highest BCUT2D eigenvalue weighted by molar-refractivity contribution is 6.60. The van der Waals surface area contributed by atoms with E-state index in [9.17, 15) is 14.4 Å². The second kappa shape index (κ2) is 9.05. The maximum atomic E-state index is 13.0. The molecule has 4 unspecified atom stereocenters. The molecule has 0 aromatic heterocycles. The molecule has 10 heteroatoms. The molecule has 0 spiro atoms. The lowest BCUT2D eigenvalue weighted by Crippen LogP contribution is -2.46. The van der Waals surface area contributed by atoms with Crippen molar-refractivity contribution in [2.75, 3.05) is 48.1 Å². The van der Waals surface area contributed by atoms with Crippen LogP contribution in [0.15, 0.2) is 12.2 Å². The van der Waals surface area contributed by atoms with Gasteiger partial charge in [0.15, 0.2) is 0 Å². The lowest BCUT2D eigenvalue weighted by atomic mass is 9.85. The fourth-order valence-corrected chi connectivity index (χ4v) is 7.15. The van der Waals surface area contributed by atoms with Crippen LogP contribution in [0, 0.1) is 29.6 Å². The summed E-state index contributed by atoms with van der Waals surface area (Å²) in [6.07, 6.45) is 4.19. The summed E-state index contributed by atoms with van der Waals surface area (Å²) in [5.41, 5.74) is 0. The van der Waals surface area contributed by atoms with Crippen LogP contribution in [0.1, 0.15) is 6.42 Å². The maximum Gasteiger partial charge on any atom is 0.500 e. The average Bonchev–Trinajstić information content (AvgIpc) is 3.34. The van der Waals surface area contributed by atoms with Gasteiger partial charge in [-0.25, -0.2) is 0 Å². The molecule has 3 amide bonds. The van der Waals surface area contributed by atoms with Crippen LogP contribution in [-0.4, -0.2) is 79.6 Å². The second-order valence-corrected chi connectivity index (χ2v) is 10.7. The van der Waals surface area contributed by atoms with Crippen LogP contribution in [-0.2, 0) is 32.4 Å². The number of imide groups is 1. The molecule has 0 aromatic rings. The number of carbonyl (C=O) groups excluding carboxylic acids is 3. The zero-order valence-electron chi connectivity index (χ0n) is 17.4. The Balaban J connectivity index is 1.64. The van der Waals surface area contributed by atoms with Crippen molar-refractivity contribution in [3.63, 3.8) is 0 Å². The zero-order chi connectivity index (χ0) is 21.2. The molecule has 0 aromatic carbocycles. The first-order chi connectivity index (χ1) is 13.9. The topological polar surface area (TPSA) is 103 Å². The van der Waals surface area contributed by atoms with Gasteiger partial charge < -0.3 is 23.3 Å². The van der Waals surface area contributed by atoms with Gasteiger partial charge in [0.1, 0.15) is 0 Å². The number of nitrogens with zero attached hydrogens (tertiary/aromatic N) is 1. The van der Waals surface area contributed by atoms with E-state index in [2.05, 4.69) is 5.32 Å². The van der Waals surface area contributed by atoms with Gasteiger partial charge in [0.05, 0.1) is 18.4 Å². The number of amides is 3. The van der Waals surface area contributed by atoms with E-state index >= 15 is 0 Å². The molecule has 2 bridgehead atoms. The molecule has 4 atom stereocenters. The molecule has 3 rings (SSSR count). The summed E-state index contributed by atoms with van der Waals surface area (Å²) >= 11 is 0. The van der Waals surface area contributed by atoms with Gasteiger partial charge in [0, 0.05) is 54.0 Å². The van der Waals surface area contributed by atoms with E-state index in [0.29, 0.717) is 19.2 Å². The highest BCUT2D eigenvalue weighted by Crippen LogP contribution is 2.58. The fourth-order valence-electron chi connectivity index (χ4n) is 5.03. The molecule has 2 aliphatic carbocycles. The van der Waals surface area contributed by atoms with E-state index in [1.54, 1.807) is 28.4 Å². The van der Waals surface area contributed by atoms with Gasteiger partial charge in [-0.15, -0.1) is 0 Å². The summed E-state index contributed by atoms with van der Waals surface area (Å²) in [5.74, 6) is -1.26. The molecule has 9 nitrogen and oxygen atoms in total. The Hall–Kier alpha value is -1.59. The number of hydrogen-bond donors (Lipinski definition) is 1. The first-order valence-electron chi connectivity index (χ1n) is 9.87. The summed E-state index contributed by atoms with van der Waals surface area (Å²) < 4.78 is 21.6. The van der Waals surface area contributed by atoms with Gasteiger partial charge >= 0.3 is 8.80 Å². The Labute approximate surface area is 172 Å². The van der Waals surface area contributed by atoms with Crippen molar-refractivity contribution in [3.8, 4) is 0 Å². The Kier molecular flexibility index (Phi) is 6.89. The number of nitrogens with one attached hydrogen (secondary N) is 1. The van der Waals surface area contributed by atoms with Crippen LogP contribution in [0.3, 0.4) is 0 Å². The summed E-state index contributed by atoms with van der Waals surface area (Å²) in [4.78, 5) is 39.2. The predicted octanol–water partition coefficient (Wildman–Crippen LogP) is 0.0504. The predicted molar refractivity (Wildman–Crippen MR) is 104 cm³/mol. The van der Waals surface area contributed by atoms with E-state index in [-0.39, 0.29) is 60.3 Å².